The summed E-state index contributed by atoms with van der Waals surface area (Å²) in [6.07, 6.45) is 7.94. The second-order valence-electron chi connectivity index (χ2n) is 5.38. The maximum Gasteiger partial charge on any atom is 0.0522 e. The Morgan fingerprint density at radius 1 is 1.56 bits per heavy atom. The van der Waals surface area contributed by atoms with Gasteiger partial charge in [0.25, 0.3) is 0 Å². The Morgan fingerprint density at radius 3 is 3.06 bits per heavy atom. The van der Waals surface area contributed by atoms with Crippen LogP contribution in [-0.4, -0.2) is 47.4 Å². The van der Waals surface area contributed by atoms with Gasteiger partial charge in [0.05, 0.1) is 6.20 Å². The minimum Gasteiger partial charge on any atom is -0.316 e. The minimum absolute atomic E-state index is 0.840. The Labute approximate surface area is 110 Å². The predicted octanol–water partition coefficient (Wildman–Crippen LogP) is 1.28. The third-order valence-corrected chi connectivity index (χ3v) is 3.84. The van der Waals surface area contributed by atoms with Crippen LogP contribution in [0, 0.1) is 5.92 Å². The first kappa shape index (κ1) is 13.6. The third-order valence-electron chi connectivity index (χ3n) is 3.84. The summed E-state index contributed by atoms with van der Waals surface area (Å²) in [5.74, 6) is 0.840. The van der Waals surface area contributed by atoms with Gasteiger partial charge in [-0.25, -0.2) is 0 Å². The molecule has 1 atom stereocenters. The Bertz CT molecular complexity index is 341. The van der Waals surface area contributed by atoms with Crippen molar-refractivity contribution in [1.29, 1.82) is 0 Å². The fraction of sp³-hybridized carbons (Fsp3) is 0.786. The van der Waals surface area contributed by atoms with Crippen molar-refractivity contribution in [2.24, 2.45) is 13.0 Å². The van der Waals surface area contributed by atoms with Crippen LogP contribution in [0.2, 0.25) is 0 Å². The normalized spacial score (nSPS) is 20.5. The summed E-state index contributed by atoms with van der Waals surface area (Å²) in [5.41, 5.74) is 1.35. The number of nitrogens with zero attached hydrogens (tertiary/aromatic N) is 3. The number of hydrogen-bond acceptors (Lipinski definition) is 3. The van der Waals surface area contributed by atoms with Gasteiger partial charge in [-0.1, -0.05) is 6.92 Å². The molecule has 0 amide bonds. The Balaban J connectivity index is 1.74. The maximum atomic E-state index is 4.22. The number of aryl methyl sites for hydroxylation is 1. The summed E-state index contributed by atoms with van der Waals surface area (Å²) in [5, 5.41) is 7.73. The molecule has 1 aromatic heterocycles. The number of piperidine rings is 1. The van der Waals surface area contributed by atoms with Crippen molar-refractivity contribution >= 4 is 0 Å². The smallest absolute Gasteiger partial charge is 0.0522 e. The summed E-state index contributed by atoms with van der Waals surface area (Å²) in [6, 6.07) is 0. The molecule has 0 aliphatic carbocycles. The van der Waals surface area contributed by atoms with Crippen LogP contribution in [0.25, 0.3) is 0 Å². The van der Waals surface area contributed by atoms with Gasteiger partial charge in [0, 0.05) is 26.3 Å². The van der Waals surface area contributed by atoms with Gasteiger partial charge in [0.1, 0.15) is 0 Å². The first-order chi connectivity index (χ1) is 8.78. The highest BCUT2D eigenvalue weighted by Gasteiger charge is 2.16. The molecular formula is C14H26N4. The van der Waals surface area contributed by atoms with Gasteiger partial charge in [-0.2, -0.15) is 5.10 Å². The first-order valence-electron chi connectivity index (χ1n) is 7.18. The monoisotopic (exact) mass is 250 g/mol. The zero-order valence-corrected chi connectivity index (χ0v) is 11.7. The van der Waals surface area contributed by atoms with Crippen molar-refractivity contribution in [3.8, 4) is 0 Å². The topological polar surface area (TPSA) is 33.1 Å². The molecular weight excluding hydrogens is 224 g/mol. The zero-order chi connectivity index (χ0) is 12.8. The standard InChI is InChI=1S/C14H26N4/c1-3-18(12-13-5-4-7-15-9-13)8-6-14-10-16-17(2)11-14/h10-11,13,15H,3-9,12H2,1-2H3. The molecule has 0 bridgehead atoms. The van der Waals surface area contributed by atoms with Crippen molar-refractivity contribution in [2.75, 3.05) is 32.7 Å². The van der Waals surface area contributed by atoms with E-state index in [0.29, 0.717) is 0 Å². The summed E-state index contributed by atoms with van der Waals surface area (Å²) in [7, 11) is 1.98. The van der Waals surface area contributed by atoms with E-state index in [4.69, 9.17) is 0 Å². The lowest BCUT2D eigenvalue weighted by Crippen LogP contribution is -2.39. The molecule has 0 saturated carbocycles. The molecule has 0 spiro atoms. The van der Waals surface area contributed by atoms with Crippen LogP contribution in [-0.2, 0) is 13.5 Å². The fourth-order valence-electron chi connectivity index (χ4n) is 2.71. The number of hydrogen-bond donors (Lipinski definition) is 1. The molecule has 1 aliphatic rings. The molecule has 2 rings (SSSR count). The van der Waals surface area contributed by atoms with E-state index in [1.54, 1.807) is 0 Å². The van der Waals surface area contributed by atoms with Crippen molar-refractivity contribution in [1.82, 2.24) is 20.0 Å². The van der Waals surface area contributed by atoms with Gasteiger partial charge < -0.3 is 10.2 Å². The zero-order valence-electron chi connectivity index (χ0n) is 11.7. The molecule has 1 unspecified atom stereocenters. The van der Waals surface area contributed by atoms with Crippen molar-refractivity contribution in [3.63, 3.8) is 0 Å². The van der Waals surface area contributed by atoms with E-state index >= 15 is 0 Å². The lowest BCUT2D eigenvalue weighted by molar-refractivity contribution is 0.218. The van der Waals surface area contributed by atoms with E-state index in [0.717, 1.165) is 25.4 Å². The molecule has 2 heterocycles. The first-order valence-corrected chi connectivity index (χ1v) is 7.18. The second kappa shape index (κ2) is 6.90. The molecule has 0 aromatic carbocycles. The van der Waals surface area contributed by atoms with Gasteiger partial charge in [-0.15, -0.1) is 0 Å². The summed E-state index contributed by atoms with van der Waals surface area (Å²) >= 11 is 0. The van der Waals surface area contributed by atoms with Crippen LogP contribution in [0.15, 0.2) is 12.4 Å². The molecule has 4 nitrogen and oxygen atoms in total. The quantitative estimate of drug-likeness (QED) is 0.826. The largest absolute Gasteiger partial charge is 0.316 e. The number of rotatable bonds is 6. The SMILES string of the molecule is CCN(CCc1cnn(C)c1)CC1CCCNC1. The lowest BCUT2D eigenvalue weighted by Gasteiger charge is -2.29. The Morgan fingerprint density at radius 2 is 2.44 bits per heavy atom. The summed E-state index contributed by atoms with van der Waals surface area (Å²) < 4.78 is 1.89. The van der Waals surface area contributed by atoms with Gasteiger partial charge >= 0.3 is 0 Å². The van der Waals surface area contributed by atoms with E-state index in [-0.39, 0.29) is 0 Å². The van der Waals surface area contributed by atoms with E-state index in [2.05, 4.69) is 28.4 Å². The molecule has 4 heteroatoms. The van der Waals surface area contributed by atoms with Crippen LogP contribution in [0.5, 0.6) is 0 Å². The molecule has 1 saturated heterocycles. The Hall–Kier alpha value is -0.870. The van der Waals surface area contributed by atoms with Crippen molar-refractivity contribution in [2.45, 2.75) is 26.2 Å². The second-order valence-corrected chi connectivity index (χ2v) is 5.38. The van der Waals surface area contributed by atoms with Gasteiger partial charge in [-0.3, -0.25) is 4.68 Å². The predicted molar refractivity (Wildman–Crippen MR) is 74.6 cm³/mol. The highest BCUT2D eigenvalue weighted by Crippen LogP contribution is 2.12. The van der Waals surface area contributed by atoms with Gasteiger partial charge in [-0.05, 0) is 50.4 Å². The fourth-order valence-corrected chi connectivity index (χ4v) is 2.71. The van der Waals surface area contributed by atoms with E-state index < -0.39 is 0 Å². The molecule has 1 aliphatic heterocycles. The molecule has 1 fully saturated rings. The lowest BCUT2D eigenvalue weighted by atomic mass is 9.99. The number of aromatic nitrogens is 2. The van der Waals surface area contributed by atoms with E-state index in [9.17, 15) is 0 Å². The average molecular weight is 250 g/mol. The van der Waals surface area contributed by atoms with Crippen molar-refractivity contribution < 1.29 is 0 Å². The molecule has 18 heavy (non-hydrogen) atoms. The molecule has 102 valence electrons. The van der Waals surface area contributed by atoms with Crippen LogP contribution >= 0.6 is 0 Å². The van der Waals surface area contributed by atoms with Crippen LogP contribution in [0.4, 0.5) is 0 Å². The Kier molecular flexibility index (Phi) is 5.20. The third kappa shape index (κ3) is 4.10. The van der Waals surface area contributed by atoms with Crippen molar-refractivity contribution in [3.05, 3.63) is 18.0 Å². The van der Waals surface area contributed by atoms with Crippen LogP contribution in [0.1, 0.15) is 25.3 Å². The number of nitrogens with one attached hydrogen (secondary N) is 1. The molecule has 1 aromatic rings. The summed E-state index contributed by atoms with van der Waals surface area (Å²) in [4.78, 5) is 2.57. The average Bonchev–Trinajstić information content (AvgIpc) is 2.81. The minimum atomic E-state index is 0.840. The van der Waals surface area contributed by atoms with Crippen LogP contribution in [0.3, 0.4) is 0 Å². The van der Waals surface area contributed by atoms with Crippen LogP contribution < -0.4 is 5.32 Å². The van der Waals surface area contributed by atoms with E-state index in [1.807, 2.05) is 17.9 Å². The highest BCUT2D eigenvalue weighted by molar-refractivity contribution is 5.03. The van der Waals surface area contributed by atoms with Gasteiger partial charge in [0.2, 0.25) is 0 Å². The maximum absolute atomic E-state index is 4.22. The molecule has 0 radical (unpaired) electrons. The summed E-state index contributed by atoms with van der Waals surface area (Å²) in [6.45, 7) is 8.21. The highest BCUT2D eigenvalue weighted by atomic mass is 15.2. The van der Waals surface area contributed by atoms with E-state index in [1.165, 1.54) is 38.0 Å². The molecule has 1 N–H and O–H groups in total. The number of likely N-dealkylation sites (N-methyl/N-ethyl adjacent to an activating group) is 1. The van der Waals surface area contributed by atoms with Gasteiger partial charge in [0.15, 0.2) is 0 Å².